The highest BCUT2D eigenvalue weighted by Crippen LogP contribution is 2.38. The second-order valence-electron chi connectivity index (χ2n) is 5.25. The van der Waals surface area contributed by atoms with E-state index >= 15 is 0 Å². The van der Waals surface area contributed by atoms with Crippen molar-refractivity contribution in [2.24, 2.45) is 0 Å². The summed E-state index contributed by atoms with van der Waals surface area (Å²) in [6.45, 7) is 11.5. The minimum atomic E-state index is 0.580. The maximum absolute atomic E-state index is 4.65. The van der Waals surface area contributed by atoms with E-state index in [4.69, 9.17) is 0 Å². The number of anilines is 2. The van der Waals surface area contributed by atoms with Gasteiger partial charge >= 0.3 is 0 Å². The standard InChI is InChI=1S/C15H27N5/c1-4-16-13-11-14(17-9-10-20(5-2)6-3)19-15(18-13)12-7-8-12/h11-12H,4-10H2,1-3H3,(H2,16,17,18,19). The van der Waals surface area contributed by atoms with E-state index in [0.717, 1.165) is 50.2 Å². The van der Waals surface area contributed by atoms with Crippen LogP contribution >= 0.6 is 0 Å². The lowest BCUT2D eigenvalue weighted by atomic mass is 10.3. The van der Waals surface area contributed by atoms with Gasteiger partial charge in [0.2, 0.25) is 0 Å². The number of hydrogen-bond acceptors (Lipinski definition) is 5. The molecule has 0 aliphatic heterocycles. The molecule has 112 valence electrons. The van der Waals surface area contributed by atoms with Gasteiger partial charge in [0.1, 0.15) is 17.5 Å². The van der Waals surface area contributed by atoms with E-state index in [9.17, 15) is 0 Å². The lowest BCUT2D eigenvalue weighted by Gasteiger charge is -2.18. The van der Waals surface area contributed by atoms with Crippen LogP contribution < -0.4 is 10.6 Å². The Morgan fingerprint density at radius 1 is 1.10 bits per heavy atom. The highest BCUT2D eigenvalue weighted by atomic mass is 15.1. The van der Waals surface area contributed by atoms with Crippen LogP contribution in [0.3, 0.4) is 0 Å². The maximum atomic E-state index is 4.65. The molecule has 0 bridgehead atoms. The fourth-order valence-corrected chi connectivity index (χ4v) is 2.23. The molecule has 1 aliphatic rings. The van der Waals surface area contributed by atoms with E-state index in [1.165, 1.54) is 12.8 Å². The van der Waals surface area contributed by atoms with E-state index in [1.807, 2.05) is 6.07 Å². The van der Waals surface area contributed by atoms with E-state index in [-0.39, 0.29) is 0 Å². The molecule has 1 fully saturated rings. The van der Waals surface area contributed by atoms with Crippen LogP contribution in [-0.2, 0) is 0 Å². The summed E-state index contributed by atoms with van der Waals surface area (Å²) in [5.74, 6) is 3.46. The van der Waals surface area contributed by atoms with E-state index in [0.29, 0.717) is 5.92 Å². The van der Waals surface area contributed by atoms with Gasteiger partial charge in [-0.2, -0.15) is 0 Å². The molecule has 0 unspecified atom stereocenters. The topological polar surface area (TPSA) is 53.1 Å². The lowest BCUT2D eigenvalue weighted by molar-refractivity contribution is 0.316. The summed E-state index contributed by atoms with van der Waals surface area (Å²) in [6, 6.07) is 2.01. The molecule has 0 saturated heterocycles. The summed E-state index contributed by atoms with van der Waals surface area (Å²) in [5.41, 5.74) is 0. The van der Waals surface area contributed by atoms with Gasteiger partial charge in [-0.25, -0.2) is 9.97 Å². The Labute approximate surface area is 122 Å². The van der Waals surface area contributed by atoms with Gasteiger partial charge in [0.05, 0.1) is 0 Å². The van der Waals surface area contributed by atoms with Gasteiger partial charge in [-0.3, -0.25) is 0 Å². The number of aromatic nitrogens is 2. The van der Waals surface area contributed by atoms with Crippen molar-refractivity contribution in [2.45, 2.75) is 39.5 Å². The Hall–Kier alpha value is -1.36. The summed E-state index contributed by atoms with van der Waals surface area (Å²) >= 11 is 0. The molecule has 1 aliphatic carbocycles. The summed E-state index contributed by atoms with van der Waals surface area (Å²) in [7, 11) is 0. The number of hydrogen-bond donors (Lipinski definition) is 2. The largest absolute Gasteiger partial charge is 0.370 e. The van der Waals surface area contributed by atoms with Crippen LogP contribution in [0, 0.1) is 0 Å². The Morgan fingerprint density at radius 3 is 2.30 bits per heavy atom. The first kappa shape index (κ1) is 15.0. The summed E-state index contributed by atoms with van der Waals surface area (Å²) in [6.07, 6.45) is 2.46. The number of rotatable bonds is 9. The molecule has 1 saturated carbocycles. The van der Waals surface area contributed by atoms with E-state index in [1.54, 1.807) is 0 Å². The molecule has 5 nitrogen and oxygen atoms in total. The molecule has 1 heterocycles. The minimum absolute atomic E-state index is 0.580. The molecular weight excluding hydrogens is 250 g/mol. The summed E-state index contributed by atoms with van der Waals surface area (Å²) in [5, 5.41) is 6.72. The third-order valence-electron chi connectivity index (χ3n) is 3.67. The van der Waals surface area contributed by atoms with E-state index < -0.39 is 0 Å². The first-order chi connectivity index (χ1) is 9.76. The number of nitrogens with zero attached hydrogens (tertiary/aromatic N) is 3. The van der Waals surface area contributed by atoms with Crippen LogP contribution in [0.2, 0.25) is 0 Å². The van der Waals surface area contributed by atoms with Gasteiger partial charge in [0.15, 0.2) is 0 Å². The van der Waals surface area contributed by atoms with Gasteiger partial charge in [-0.1, -0.05) is 13.8 Å². The molecule has 0 atom stereocenters. The average Bonchev–Trinajstić information content (AvgIpc) is 3.28. The van der Waals surface area contributed by atoms with Crippen LogP contribution in [0.1, 0.15) is 45.4 Å². The highest BCUT2D eigenvalue weighted by Gasteiger charge is 2.27. The Bertz CT molecular complexity index is 413. The van der Waals surface area contributed by atoms with Crippen molar-refractivity contribution >= 4 is 11.6 Å². The van der Waals surface area contributed by atoms with Crippen molar-refractivity contribution in [3.8, 4) is 0 Å². The first-order valence-electron chi connectivity index (χ1n) is 7.85. The van der Waals surface area contributed by atoms with Crippen molar-refractivity contribution in [3.05, 3.63) is 11.9 Å². The molecule has 1 aromatic heterocycles. The monoisotopic (exact) mass is 277 g/mol. The molecule has 2 N–H and O–H groups in total. The zero-order chi connectivity index (χ0) is 14.4. The smallest absolute Gasteiger partial charge is 0.136 e. The predicted octanol–water partition coefficient (Wildman–Crippen LogP) is 2.54. The third kappa shape index (κ3) is 4.34. The molecule has 5 heteroatoms. The van der Waals surface area contributed by atoms with Crippen LogP contribution in [0.25, 0.3) is 0 Å². The lowest BCUT2D eigenvalue weighted by Crippen LogP contribution is -2.28. The van der Waals surface area contributed by atoms with Gasteiger partial charge in [-0.05, 0) is 32.9 Å². The molecule has 1 aromatic rings. The van der Waals surface area contributed by atoms with Gasteiger partial charge in [-0.15, -0.1) is 0 Å². The van der Waals surface area contributed by atoms with Crippen LogP contribution in [0.4, 0.5) is 11.6 Å². The van der Waals surface area contributed by atoms with Crippen LogP contribution in [0.5, 0.6) is 0 Å². The van der Waals surface area contributed by atoms with Gasteiger partial charge < -0.3 is 15.5 Å². The predicted molar refractivity (Wildman–Crippen MR) is 84.4 cm³/mol. The molecular formula is C15H27N5. The Balaban J connectivity index is 1.95. The molecule has 20 heavy (non-hydrogen) atoms. The summed E-state index contributed by atoms with van der Waals surface area (Å²) < 4.78 is 0. The van der Waals surface area contributed by atoms with E-state index in [2.05, 4.69) is 46.3 Å². The molecule has 0 amide bonds. The number of nitrogens with one attached hydrogen (secondary N) is 2. The zero-order valence-electron chi connectivity index (χ0n) is 12.9. The molecule has 0 radical (unpaired) electrons. The van der Waals surface area contributed by atoms with Crippen LogP contribution in [0.15, 0.2) is 6.07 Å². The average molecular weight is 277 g/mol. The fraction of sp³-hybridized carbons (Fsp3) is 0.733. The van der Waals surface area contributed by atoms with Crippen molar-refractivity contribution in [1.29, 1.82) is 0 Å². The highest BCUT2D eigenvalue weighted by molar-refractivity contribution is 5.48. The fourth-order valence-electron chi connectivity index (χ4n) is 2.23. The van der Waals surface area contributed by atoms with Crippen molar-refractivity contribution in [3.63, 3.8) is 0 Å². The molecule has 0 spiro atoms. The van der Waals surface area contributed by atoms with Crippen molar-refractivity contribution in [1.82, 2.24) is 14.9 Å². The maximum Gasteiger partial charge on any atom is 0.136 e. The van der Waals surface area contributed by atoms with Gasteiger partial charge in [0.25, 0.3) is 0 Å². The van der Waals surface area contributed by atoms with Crippen LogP contribution in [-0.4, -0.2) is 47.6 Å². The third-order valence-corrected chi connectivity index (χ3v) is 3.67. The zero-order valence-corrected chi connectivity index (χ0v) is 12.9. The molecule has 2 rings (SSSR count). The quantitative estimate of drug-likeness (QED) is 0.726. The van der Waals surface area contributed by atoms with Crippen molar-refractivity contribution < 1.29 is 0 Å². The second kappa shape index (κ2) is 7.43. The Morgan fingerprint density at radius 2 is 1.75 bits per heavy atom. The second-order valence-corrected chi connectivity index (χ2v) is 5.25. The first-order valence-corrected chi connectivity index (χ1v) is 7.85. The van der Waals surface area contributed by atoms with Crippen molar-refractivity contribution in [2.75, 3.05) is 43.4 Å². The summed E-state index contributed by atoms with van der Waals surface area (Å²) in [4.78, 5) is 11.6. The Kier molecular flexibility index (Phi) is 5.59. The van der Waals surface area contributed by atoms with Gasteiger partial charge in [0, 0.05) is 31.6 Å². The molecule has 0 aromatic carbocycles. The minimum Gasteiger partial charge on any atom is -0.370 e. The number of likely N-dealkylation sites (N-methyl/N-ethyl adjacent to an activating group) is 1. The SMILES string of the molecule is CCNc1cc(NCCN(CC)CC)nc(C2CC2)n1. The normalized spacial score (nSPS) is 14.6.